The molecule has 2 amide bonds. The lowest BCUT2D eigenvalue weighted by molar-refractivity contribution is -0.117. The lowest BCUT2D eigenvalue weighted by atomic mass is 10.1. The summed E-state index contributed by atoms with van der Waals surface area (Å²) in [5.41, 5.74) is 2.64. The van der Waals surface area contributed by atoms with Gasteiger partial charge < -0.3 is 9.64 Å². The van der Waals surface area contributed by atoms with E-state index >= 15 is 0 Å². The lowest BCUT2D eigenvalue weighted by Crippen LogP contribution is -2.42. The van der Waals surface area contributed by atoms with Gasteiger partial charge in [-0.25, -0.2) is 4.98 Å². The first-order valence-electron chi connectivity index (χ1n) is 11.6. The van der Waals surface area contributed by atoms with Crippen LogP contribution in [-0.2, 0) is 4.79 Å². The Morgan fingerprint density at radius 1 is 1.03 bits per heavy atom. The smallest absolute Gasteiger partial charge is 0.256 e. The summed E-state index contributed by atoms with van der Waals surface area (Å²) in [6, 6.07) is 21.5. The van der Waals surface area contributed by atoms with Crippen LogP contribution in [0.3, 0.4) is 0 Å². The summed E-state index contributed by atoms with van der Waals surface area (Å²) in [5.74, 6) is 0.315. The van der Waals surface area contributed by atoms with E-state index in [0.29, 0.717) is 16.7 Å². The Hall–Kier alpha value is -3.81. The number of aromatic nitrogens is 2. The monoisotopic (exact) mass is 536 g/mol. The third kappa shape index (κ3) is 6.13. The van der Waals surface area contributed by atoms with Gasteiger partial charge in [-0.05, 0) is 68.4 Å². The number of hydrogen-bond donors (Lipinski definition) is 1. The maximum Gasteiger partial charge on any atom is 0.256 e. The van der Waals surface area contributed by atoms with E-state index in [9.17, 15) is 9.59 Å². The second-order valence-corrected chi connectivity index (χ2v) is 9.43. The fourth-order valence-electron chi connectivity index (χ4n) is 3.78. The molecule has 1 heterocycles. The van der Waals surface area contributed by atoms with Crippen LogP contribution in [0.15, 0.2) is 79.0 Å². The SMILES string of the molecule is COc1ccc(-c2cn(-c3ccccc3)c(NC(=O)CN(C(=O)c3ccc(Cl)cc3Cl)C(C)C)n2)cc1. The molecule has 0 unspecified atom stereocenters. The van der Waals surface area contributed by atoms with Gasteiger partial charge in [0.15, 0.2) is 0 Å². The Balaban J connectivity index is 1.61. The van der Waals surface area contributed by atoms with Gasteiger partial charge >= 0.3 is 0 Å². The molecule has 0 aliphatic rings. The zero-order valence-electron chi connectivity index (χ0n) is 20.6. The van der Waals surface area contributed by atoms with E-state index in [4.69, 9.17) is 27.9 Å². The molecule has 0 radical (unpaired) electrons. The van der Waals surface area contributed by atoms with Crippen LogP contribution in [0.2, 0.25) is 10.0 Å². The number of nitrogens with zero attached hydrogens (tertiary/aromatic N) is 3. The van der Waals surface area contributed by atoms with Crippen molar-refractivity contribution >= 4 is 41.0 Å². The molecule has 190 valence electrons. The zero-order valence-corrected chi connectivity index (χ0v) is 22.1. The molecule has 0 fully saturated rings. The number of imidazole rings is 1. The van der Waals surface area contributed by atoms with Crippen LogP contribution in [0.1, 0.15) is 24.2 Å². The molecule has 0 atom stereocenters. The average Bonchev–Trinajstić information content (AvgIpc) is 3.31. The number of para-hydroxylation sites is 1. The van der Waals surface area contributed by atoms with Crippen molar-refractivity contribution in [2.75, 3.05) is 19.0 Å². The van der Waals surface area contributed by atoms with E-state index in [0.717, 1.165) is 17.0 Å². The Morgan fingerprint density at radius 2 is 1.73 bits per heavy atom. The van der Waals surface area contributed by atoms with Crippen molar-refractivity contribution in [3.05, 3.63) is 94.6 Å². The standard InChI is InChI=1S/C28H26Cl2N4O3/c1-18(2)33(27(36)23-14-11-20(29)15-24(23)30)17-26(35)32-28-31-25(19-9-12-22(37-3)13-10-19)16-34(28)21-7-5-4-6-8-21/h4-16,18H,17H2,1-3H3,(H,31,32,35). The van der Waals surface area contributed by atoms with Crippen LogP contribution in [-0.4, -0.2) is 46.0 Å². The highest BCUT2D eigenvalue weighted by Crippen LogP contribution is 2.27. The number of nitrogens with one attached hydrogen (secondary N) is 1. The number of halogens is 2. The summed E-state index contributed by atoms with van der Waals surface area (Å²) in [4.78, 5) is 32.5. The summed E-state index contributed by atoms with van der Waals surface area (Å²) in [5, 5.41) is 3.53. The molecule has 37 heavy (non-hydrogen) atoms. The predicted octanol–water partition coefficient (Wildman–Crippen LogP) is 6.34. The molecule has 4 rings (SSSR count). The predicted molar refractivity (Wildman–Crippen MR) is 147 cm³/mol. The Morgan fingerprint density at radius 3 is 2.35 bits per heavy atom. The zero-order chi connectivity index (χ0) is 26.5. The van der Waals surface area contributed by atoms with E-state index in [1.54, 1.807) is 23.8 Å². The second kappa shape index (κ2) is 11.5. The maximum absolute atomic E-state index is 13.2. The number of ether oxygens (including phenoxy) is 1. The summed E-state index contributed by atoms with van der Waals surface area (Å²) in [6.07, 6.45) is 1.85. The van der Waals surface area contributed by atoms with Gasteiger partial charge in [0.2, 0.25) is 11.9 Å². The van der Waals surface area contributed by atoms with Crippen LogP contribution in [0.5, 0.6) is 5.75 Å². The molecule has 0 aliphatic heterocycles. The van der Waals surface area contributed by atoms with Gasteiger partial charge in [0.1, 0.15) is 12.3 Å². The van der Waals surface area contributed by atoms with Gasteiger partial charge in [-0.2, -0.15) is 0 Å². The van der Waals surface area contributed by atoms with Crippen molar-refractivity contribution in [1.29, 1.82) is 0 Å². The van der Waals surface area contributed by atoms with Crippen molar-refractivity contribution in [2.45, 2.75) is 19.9 Å². The Kier molecular flexibility index (Phi) is 8.16. The van der Waals surface area contributed by atoms with E-state index in [1.807, 2.05) is 74.6 Å². The number of methoxy groups -OCH3 is 1. The highest BCUT2D eigenvalue weighted by Gasteiger charge is 2.24. The number of rotatable bonds is 8. The van der Waals surface area contributed by atoms with Crippen molar-refractivity contribution < 1.29 is 14.3 Å². The molecule has 0 aliphatic carbocycles. The molecule has 0 saturated carbocycles. The number of benzene rings is 3. The van der Waals surface area contributed by atoms with Crippen molar-refractivity contribution in [1.82, 2.24) is 14.5 Å². The maximum atomic E-state index is 13.2. The van der Waals surface area contributed by atoms with Crippen molar-refractivity contribution in [2.24, 2.45) is 0 Å². The summed E-state index contributed by atoms with van der Waals surface area (Å²) < 4.78 is 7.05. The normalized spacial score (nSPS) is 10.9. The molecular weight excluding hydrogens is 511 g/mol. The summed E-state index contributed by atoms with van der Waals surface area (Å²) >= 11 is 12.2. The molecule has 0 saturated heterocycles. The largest absolute Gasteiger partial charge is 0.497 e. The average molecular weight is 537 g/mol. The highest BCUT2D eigenvalue weighted by atomic mass is 35.5. The number of hydrogen-bond acceptors (Lipinski definition) is 4. The minimum atomic E-state index is -0.392. The third-order valence-electron chi connectivity index (χ3n) is 5.74. The summed E-state index contributed by atoms with van der Waals surface area (Å²) in [6.45, 7) is 3.48. The Bertz CT molecular complexity index is 1400. The lowest BCUT2D eigenvalue weighted by Gasteiger charge is -2.26. The fraction of sp³-hybridized carbons (Fsp3) is 0.179. The first kappa shape index (κ1) is 26.3. The van der Waals surface area contributed by atoms with Crippen molar-refractivity contribution in [3.8, 4) is 22.7 Å². The minimum absolute atomic E-state index is 0.186. The van der Waals surface area contributed by atoms with Crippen LogP contribution in [0.25, 0.3) is 16.9 Å². The molecule has 3 aromatic carbocycles. The molecule has 1 aromatic heterocycles. The number of anilines is 1. The van der Waals surface area contributed by atoms with Crippen molar-refractivity contribution in [3.63, 3.8) is 0 Å². The number of amides is 2. The van der Waals surface area contributed by atoms with Crippen LogP contribution in [0, 0.1) is 0 Å². The van der Waals surface area contributed by atoms with Gasteiger partial charge in [-0.3, -0.25) is 19.5 Å². The van der Waals surface area contributed by atoms with E-state index in [2.05, 4.69) is 10.3 Å². The third-order valence-corrected chi connectivity index (χ3v) is 6.28. The molecule has 9 heteroatoms. The molecular formula is C28H26Cl2N4O3. The van der Waals surface area contributed by atoms with Crippen LogP contribution >= 0.6 is 23.2 Å². The van der Waals surface area contributed by atoms with Gasteiger partial charge in [0.05, 0.1) is 23.4 Å². The number of carbonyl (C=O) groups excluding carboxylic acids is 2. The molecule has 1 N–H and O–H groups in total. The summed E-state index contributed by atoms with van der Waals surface area (Å²) in [7, 11) is 1.61. The highest BCUT2D eigenvalue weighted by molar-refractivity contribution is 6.36. The number of carbonyl (C=O) groups is 2. The van der Waals surface area contributed by atoms with E-state index < -0.39 is 5.91 Å². The molecule has 7 nitrogen and oxygen atoms in total. The first-order chi connectivity index (χ1) is 17.8. The van der Waals surface area contributed by atoms with E-state index in [-0.39, 0.29) is 29.1 Å². The first-order valence-corrected chi connectivity index (χ1v) is 12.4. The van der Waals surface area contributed by atoms with Crippen LogP contribution in [0.4, 0.5) is 5.95 Å². The van der Waals surface area contributed by atoms with Gasteiger partial charge in [0.25, 0.3) is 5.91 Å². The van der Waals surface area contributed by atoms with Gasteiger partial charge in [-0.15, -0.1) is 0 Å². The van der Waals surface area contributed by atoms with E-state index in [1.165, 1.54) is 11.0 Å². The van der Waals surface area contributed by atoms with Crippen LogP contribution < -0.4 is 10.1 Å². The Labute approximate surface area is 225 Å². The molecule has 0 bridgehead atoms. The second-order valence-electron chi connectivity index (χ2n) is 8.58. The molecule has 0 spiro atoms. The quantitative estimate of drug-likeness (QED) is 0.285. The van der Waals surface area contributed by atoms with Gasteiger partial charge in [-0.1, -0.05) is 41.4 Å². The molecule has 4 aromatic rings. The topological polar surface area (TPSA) is 76.5 Å². The van der Waals surface area contributed by atoms with Gasteiger partial charge in [0, 0.05) is 28.5 Å². The minimum Gasteiger partial charge on any atom is -0.497 e. The fourth-order valence-corrected chi connectivity index (χ4v) is 4.27.